The number of carbonyl (C=O) groups is 1. The highest BCUT2D eigenvalue weighted by Crippen LogP contribution is 2.32. The van der Waals surface area contributed by atoms with Crippen molar-refractivity contribution in [2.24, 2.45) is 0 Å². The van der Waals surface area contributed by atoms with Crippen molar-refractivity contribution in [3.63, 3.8) is 0 Å². The van der Waals surface area contributed by atoms with Crippen molar-refractivity contribution in [3.8, 4) is 5.75 Å². The van der Waals surface area contributed by atoms with Gasteiger partial charge in [-0.05, 0) is 36.8 Å². The van der Waals surface area contributed by atoms with Gasteiger partial charge in [0.15, 0.2) is 0 Å². The normalized spacial score (nSPS) is 10.4. The van der Waals surface area contributed by atoms with Crippen molar-refractivity contribution in [1.82, 2.24) is 0 Å². The van der Waals surface area contributed by atoms with Crippen LogP contribution >= 0.6 is 34.8 Å². The van der Waals surface area contributed by atoms with E-state index in [0.717, 1.165) is 6.42 Å². The van der Waals surface area contributed by atoms with Crippen molar-refractivity contribution in [2.45, 2.75) is 13.3 Å². The quantitative estimate of drug-likeness (QED) is 0.697. The fourth-order valence-electron chi connectivity index (χ4n) is 1.76. The number of carbonyl (C=O) groups excluding carboxylic acids is 1. The van der Waals surface area contributed by atoms with Gasteiger partial charge in [-0.1, -0.05) is 47.8 Å². The molecule has 0 aliphatic heterocycles. The fourth-order valence-corrected chi connectivity index (χ4v) is 2.35. The Morgan fingerprint density at radius 1 is 1.09 bits per heavy atom. The number of rotatable bonds is 5. The van der Waals surface area contributed by atoms with Gasteiger partial charge in [0, 0.05) is 5.56 Å². The minimum Gasteiger partial charge on any atom is -0.494 e. The molecule has 0 saturated heterocycles. The van der Waals surface area contributed by atoms with Gasteiger partial charge in [0.25, 0.3) is 5.91 Å². The summed E-state index contributed by atoms with van der Waals surface area (Å²) in [6.45, 7) is 2.62. The van der Waals surface area contributed by atoms with E-state index >= 15 is 0 Å². The van der Waals surface area contributed by atoms with Gasteiger partial charge in [-0.3, -0.25) is 4.79 Å². The van der Waals surface area contributed by atoms with Gasteiger partial charge in [-0.15, -0.1) is 0 Å². The number of amides is 1. The van der Waals surface area contributed by atoms with Crippen LogP contribution in [0.15, 0.2) is 36.4 Å². The summed E-state index contributed by atoms with van der Waals surface area (Å²) in [5.74, 6) is 0.344. The summed E-state index contributed by atoms with van der Waals surface area (Å²) in [6, 6.07) is 9.94. The average Bonchev–Trinajstić information content (AvgIpc) is 2.50. The van der Waals surface area contributed by atoms with Crippen LogP contribution in [0.4, 0.5) is 5.69 Å². The van der Waals surface area contributed by atoms with E-state index in [4.69, 9.17) is 39.5 Å². The summed E-state index contributed by atoms with van der Waals surface area (Å²) in [5, 5.41) is 3.68. The molecule has 0 fully saturated rings. The van der Waals surface area contributed by atoms with Crippen molar-refractivity contribution in [3.05, 3.63) is 57.0 Å². The molecule has 0 aromatic heterocycles. The van der Waals surface area contributed by atoms with Crippen LogP contribution in [0.5, 0.6) is 5.75 Å². The summed E-state index contributed by atoms with van der Waals surface area (Å²) in [7, 11) is 0. The molecule has 116 valence electrons. The van der Waals surface area contributed by atoms with Crippen molar-refractivity contribution in [1.29, 1.82) is 0 Å². The van der Waals surface area contributed by atoms with E-state index in [1.54, 1.807) is 24.3 Å². The lowest BCUT2D eigenvalue weighted by Gasteiger charge is -2.10. The Hall–Kier alpha value is -1.42. The molecule has 2 aromatic rings. The Balaban J connectivity index is 2.17. The monoisotopic (exact) mass is 357 g/mol. The first-order valence-electron chi connectivity index (χ1n) is 6.70. The number of hydrogen-bond donors (Lipinski definition) is 1. The Bertz CT molecular complexity index is 689. The molecule has 0 heterocycles. The van der Waals surface area contributed by atoms with Crippen LogP contribution in [0.2, 0.25) is 15.1 Å². The Kier molecular flexibility index (Phi) is 5.95. The number of nitrogens with one attached hydrogen (secondary N) is 1. The second-order valence-corrected chi connectivity index (χ2v) is 5.80. The van der Waals surface area contributed by atoms with Gasteiger partial charge in [0.1, 0.15) is 5.75 Å². The van der Waals surface area contributed by atoms with Crippen molar-refractivity contribution >= 4 is 46.4 Å². The lowest BCUT2D eigenvalue weighted by atomic mass is 10.2. The maximum absolute atomic E-state index is 12.3. The Labute approximate surface area is 144 Å². The molecule has 0 aliphatic rings. The zero-order chi connectivity index (χ0) is 16.1. The van der Waals surface area contributed by atoms with E-state index in [9.17, 15) is 4.79 Å². The zero-order valence-corrected chi connectivity index (χ0v) is 14.1. The van der Waals surface area contributed by atoms with Gasteiger partial charge >= 0.3 is 0 Å². The number of benzene rings is 2. The van der Waals surface area contributed by atoms with E-state index in [-0.39, 0.29) is 5.91 Å². The SMILES string of the molecule is CCCOc1cccc(C(=O)Nc2cc(Cl)c(Cl)cc2Cl)c1. The molecule has 6 heteroatoms. The highest BCUT2D eigenvalue weighted by atomic mass is 35.5. The largest absolute Gasteiger partial charge is 0.494 e. The molecular weight excluding hydrogens is 345 g/mol. The highest BCUT2D eigenvalue weighted by molar-refractivity contribution is 6.44. The predicted molar refractivity (Wildman–Crippen MR) is 91.7 cm³/mol. The third kappa shape index (κ3) is 4.29. The molecule has 0 radical (unpaired) electrons. The van der Waals surface area contributed by atoms with Crippen molar-refractivity contribution in [2.75, 3.05) is 11.9 Å². The maximum atomic E-state index is 12.3. The van der Waals surface area contributed by atoms with Crippen LogP contribution < -0.4 is 10.1 Å². The molecule has 0 spiro atoms. The third-order valence-electron chi connectivity index (χ3n) is 2.83. The summed E-state index contributed by atoms with van der Waals surface area (Å²) in [6.07, 6.45) is 0.898. The van der Waals surface area contributed by atoms with Crippen molar-refractivity contribution < 1.29 is 9.53 Å². The molecule has 2 rings (SSSR count). The fraction of sp³-hybridized carbons (Fsp3) is 0.188. The van der Waals surface area contributed by atoms with Gasteiger partial charge in [0.2, 0.25) is 0 Å². The van der Waals surface area contributed by atoms with E-state index in [0.29, 0.717) is 38.7 Å². The smallest absolute Gasteiger partial charge is 0.255 e. The van der Waals surface area contributed by atoms with Crippen LogP contribution in [-0.4, -0.2) is 12.5 Å². The van der Waals surface area contributed by atoms with Crippen LogP contribution in [0.1, 0.15) is 23.7 Å². The minimum absolute atomic E-state index is 0.303. The molecular formula is C16H14Cl3NO2. The minimum atomic E-state index is -0.303. The second-order valence-electron chi connectivity index (χ2n) is 4.58. The first-order chi connectivity index (χ1) is 10.5. The second kappa shape index (κ2) is 7.73. The van der Waals surface area contributed by atoms with E-state index in [1.165, 1.54) is 12.1 Å². The van der Waals surface area contributed by atoms with Gasteiger partial charge in [-0.2, -0.15) is 0 Å². The molecule has 2 aromatic carbocycles. The standard InChI is InChI=1S/C16H14Cl3NO2/c1-2-6-22-11-5-3-4-10(7-11)16(21)20-15-9-13(18)12(17)8-14(15)19/h3-5,7-9H,2,6H2,1H3,(H,20,21). The molecule has 22 heavy (non-hydrogen) atoms. The van der Waals surface area contributed by atoms with Crippen LogP contribution in [-0.2, 0) is 0 Å². The molecule has 1 N–H and O–H groups in total. The number of halogens is 3. The number of anilines is 1. The molecule has 1 amide bonds. The molecule has 0 bridgehead atoms. The first-order valence-corrected chi connectivity index (χ1v) is 7.83. The number of ether oxygens (including phenoxy) is 1. The third-order valence-corrected chi connectivity index (χ3v) is 3.86. The van der Waals surface area contributed by atoms with Gasteiger partial charge in [0.05, 0.1) is 27.4 Å². The summed E-state index contributed by atoms with van der Waals surface area (Å²) in [5.41, 5.74) is 0.872. The lowest BCUT2D eigenvalue weighted by molar-refractivity contribution is 0.102. The predicted octanol–water partition coefficient (Wildman–Crippen LogP) is 5.69. The molecule has 0 aliphatic carbocycles. The van der Waals surface area contributed by atoms with Gasteiger partial charge in [-0.25, -0.2) is 0 Å². The lowest BCUT2D eigenvalue weighted by Crippen LogP contribution is -2.12. The molecule has 0 atom stereocenters. The van der Waals surface area contributed by atoms with Gasteiger partial charge < -0.3 is 10.1 Å². The molecule has 0 saturated carbocycles. The Morgan fingerprint density at radius 2 is 1.82 bits per heavy atom. The number of hydrogen-bond acceptors (Lipinski definition) is 2. The maximum Gasteiger partial charge on any atom is 0.255 e. The average molecular weight is 359 g/mol. The Morgan fingerprint density at radius 3 is 2.55 bits per heavy atom. The molecule has 0 unspecified atom stereocenters. The van der Waals surface area contributed by atoms with Crippen LogP contribution in [0.25, 0.3) is 0 Å². The van der Waals surface area contributed by atoms with Crippen LogP contribution in [0.3, 0.4) is 0 Å². The van der Waals surface area contributed by atoms with E-state index in [1.807, 2.05) is 6.92 Å². The summed E-state index contributed by atoms with van der Waals surface area (Å²) in [4.78, 5) is 12.3. The zero-order valence-electron chi connectivity index (χ0n) is 11.8. The topological polar surface area (TPSA) is 38.3 Å². The van der Waals surface area contributed by atoms with E-state index in [2.05, 4.69) is 5.32 Å². The summed E-state index contributed by atoms with van der Waals surface area (Å²) >= 11 is 17.8. The van der Waals surface area contributed by atoms with E-state index < -0.39 is 0 Å². The van der Waals surface area contributed by atoms with Crippen LogP contribution in [0, 0.1) is 0 Å². The highest BCUT2D eigenvalue weighted by Gasteiger charge is 2.11. The molecule has 3 nitrogen and oxygen atoms in total. The first kappa shape index (κ1) is 16.9. The summed E-state index contributed by atoms with van der Waals surface area (Å²) < 4.78 is 5.51.